The molecule has 5 rings (SSSR count). The molecule has 0 spiro atoms. The van der Waals surface area contributed by atoms with E-state index in [2.05, 4.69) is 16.0 Å². The third kappa shape index (κ3) is 5.07. The van der Waals surface area contributed by atoms with Crippen molar-refractivity contribution in [1.29, 1.82) is 0 Å². The molecule has 0 saturated carbocycles. The maximum absolute atomic E-state index is 11.3. The molecule has 10 heteroatoms. The van der Waals surface area contributed by atoms with E-state index in [1.54, 1.807) is 18.2 Å². The third-order valence-corrected chi connectivity index (χ3v) is 5.48. The van der Waals surface area contributed by atoms with E-state index in [9.17, 15) is 14.9 Å². The Kier molecular flexibility index (Phi) is 6.14. The van der Waals surface area contributed by atoms with Crippen molar-refractivity contribution in [2.24, 2.45) is 5.73 Å². The van der Waals surface area contributed by atoms with Gasteiger partial charge in [-0.15, -0.1) is 0 Å². The Balaban J connectivity index is 1.27. The van der Waals surface area contributed by atoms with Gasteiger partial charge in [0, 0.05) is 24.3 Å². The van der Waals surface area contributed by atoms with Gasteiger partial charge in [-0.3, -0.25) is 14.9 Å². The summed E-state index contributed by atoms with van der Waals surface area (Å²) in [5.41, 5.74) is 7.08. The molecule has 1 aliphatic rings. The fourth-order valence-electron chi connectivity index (χ4n) is 3.78. The van der Waals surface area contributed by atoms with Crippen molar-refractivity contribution < 1.29 is 23.9 Å². The molecule has 1 amide bonds. The third-order valence-electron chi connectivity index (χ3n) is 5.48. The number of nitro groups is 1. The zero-order valence-electron chi connectivity index (χ0n) is 18.8. The van der Waals surface area contributed by atoms with Crippen LogP contribution < -0.4 is 19.9 Å². The zero-order valence-corrected chi connectivity index (χ0v) is 18.8. The van der Waals surface area contributed by atoms with Crippen LogP contribution in [0.2, 0.25) is 0 Å². The van der Waals surface area contributed by atoms with Crippen molar-refractivity contribution >= 4 is 11.6 Å². The molecule has 2 N–H and O–H groups in total. The molecule has 4 aromatic rings. The van der Waals surface area contributed by atoms with Crippen LogP contribution in [0.1, 0.15) is 34.1 Å². The van der Waals surface area contributed by atoms with E-state index < -0.39 is 10.8 Å². The number of nitrogens with two attached hydrogens (primary N) is 1. The number of pyridine rings is 2. The lowest BCUT2D eigenvalue weighted by molar-refractivity contribution is -0.385. The highest BCUT2D eigenvalue weighted by Gasteiger charge is 2.22. The van der Waals surface area contributed by atoms with Crippen LogP contribution in [0.25, 0.3) is 0 Å². The van der Waals surface area contributed by atoms with Gasteiger partial charge in [-0.1, -0.05) is 12.1 Å². The topological polar surface area (TPSA) is 140 Å². The van der Waals surface area contributed by atoms with Crippen molar-refractivity contribution in [3.8, 4) is 29.0 Å². The Bertz CT molecular complexity index is 1440. The Hall–Kier alpha value is -4.99. The van der Waals surface area contributed by atoms with Crippen LogP contribution in [-0.2, 0) is 6.42 Å². The van der Waals surface area contributed by atoms with E-state index in [1.807, 2.05) is 30.3 Å². The van der Waals surface area contributed by atoms with Crippen molar-refractivity contribution in [2.45, 2.75) is 18.9 Å². The number of carbonyl (C=O) groups is 1. The van der Waals surface area contributed by atoms with Gasteiger partial charge in [0.1, 0.15) is 35.2 Å². The van der Waals surface area contributed by atoms with E-state index in [4.69, 9.17) is 19.9 Å². The maximum atomic E-state index is 11.3. The second kappa shape index (κ2) is 9.71. The highest BCUT2D eigenvalue weighted by atomic mass is 16.6. The number of aryl methyl sites for hydroxylation is 1. The minimum Gasteiger partial charge on any atom is -0.485 e. The molecule has 0 saturated heterocycles. The first-order valence-corrected chi connectivity index (χ1v) is 11.0. The first-order chi connectivity index (χ1) is 17.4. The number of nitrogens with zero attached hydrogens (tertiary/aromatic N) is 3. The van der Waals surface area contributed by atoms with E-state index in [0.29, 0.717) is 11.5 Å². The van der Waals surface area contributed by atoms with Crippen LogP contribution in [0, 0.1) is 16.2 Å². The number of ether oxygens (including phenoxy) is 3. The fourth-order valence-corrected chi connectivity index (χ4v) is 3.78. The quantitative estimate of drug-likeness (QED) is 0.288. The number of rotatable bonds is 7. The van der Waals surface area contributed by atoms with Crippen LogP contribution in [0.5, 0.6) is 29.0 Å². The molecular formula is C26H19N4O6. The van der Waals surface area contributed by atoms with E-state index in [1.165, 1.54) is 18.2 Å². The predicted octanol–water partition coefficient (Wildman–Crippen LogP) is 4.93. The predicted molar refractivity (Wildman–Crippen MR) is 127 cm³/mol. The molecule has 1 aliphatic heterocycles. The summed E-state index contributed by atoms with van der Waals surface area (Å²) in [6.45, 7) is 0. The largest absolute Gasteiger partial charge is 0.485 e. The summed E-state index contributed by atoms with van der Waals surface area (Å²) >= 11 is 0. The van der Waals surface area contributed by atoms with Gasteiger partial charge in [0.15, 0.2) is 0 Å². The first-order valence-electron chi connectivity index (χ1n) is 11.0. The number of primary amides is 1. The fraction of sp³-hybridized carbons (Fsp3) is 0.115. The van der Waals surface area contributed by atoms with E-state index in [0.717, 1.165) is 35.9 Å². The summed E-state index contributed by atoms with van der Waals surface area (Å²) in [6.07, 6.45) is 2.47. The molecule has 1 radical (unpaired) electrons. The number of amides is 1. The molecule has 0 bridgehead atoms. The van der Waals surface area contributed by atoms with Crippen molar-refractivity contribution in [3.05, 3.63) is 106 Å². The van der Waals surface area contributed by atoms with Crippen molar-refractivity contribution in [3.63, 3.8) is 0 Å². The highest BCUT2D eigenvalue weighted by Crippen LogP contribution is 2.38. The Morgan fingerprint density at radius 3 is 2.69 bits per heavy atom. The Labute approximate surface area is 205 Å². The molecule has 36 heavy (non-hydrogen) atoms. The van der Waals surface area contributed by atoms with Crippen molar-refractivity contribution in [2.75, 3.05) is 0 Å². The molecule has 3 heterocycles. The summed E-state index contributed by atoms with van der Waals surface area (Å²) in [6, 6.07) is 21.5. The second-order valence-corrected chi connectivity index (χ2v) is 7.94. The van der Waals surface area contributed by atoms with Crippen LogP contribution in [0.3, 0.4) is 0 Å². The lowest BCUT2D eigenvalue weighted by atomic mass is 9.97. The van der Waals surface area contributed by atoms with Crippen LogP contribution >= 0.6 is 0 Å². The normalized spacial score (nSPS) is 14.3. The molecule has 1 unspecified atom stereocenters. The standard InChI is InChI=1S/C26H19N4O6/c27-26(31)21-5-2-6-25(29-21)35-20-9-11-23-17(14-20)7-10-22(36-23)16-3-1-4-19(13-16)34-24-12-8-18(15-28-24)30(32)33/h1-4,6,8-9,11-15,22H,7,10H2,(H2,27,31). The van der Waals surface area contributed by atoms with Gasteiger partial charge in [-0.25, -0.2) is 9.97 Å². The minimum absolute atomic E-state index is 0.00667. The smallest absolute Gasteiger partial charge is 0.287 e. The number of hydrogen-bond donors (Lipinski definition) is 1. The van der Waals surface area contributed by atoms with E-state index >= 15 is 0 Å². The summed E-state index contributed by atoms with van der Waals surface area (Å²) in [7, 11) is 0. The zero-order chi connectivity index (χ0) is 25.1. The number of carbonyl (C=O) groups excluding carboxylic acids is 1. The number of fused-ring (bicyclic) bond motifs is 1. The van der Waals surface area contributed by atoms with Crippen LogP contribution in [0.15, 0.2) is 72.9 Å². The van der Waals surface area contributed by atoms with Gasteiger partial charge in [0.25, 0.3) is 11.6 Å². The highest BCUT2D eigenvalue weighted by molar-refractivity contribution is 5.90. The lowest BCUT2D eigenvalue weighted by Gasteiger charge is -2.27. The molecule has 179 valence electrons. The summed E-state index contributed by atoms with van der Waals surface area (Å²) in [5.74, 6) is 1.69. The van der Waals surface area contributed by atoms with Gasteiger partial charge < -0.3 is 19.9 Å². The summed E-state index contributed by atoms with van der Waals surface area (Å²) in [4.78, 5) is 29.6. The molecule has 2 aromatic heterocycles. The molecule has 0 fully saturated rings. The molecule has 0 aliphatic carbocycles. The average Bonchev–Trinajstić information content (AvgIpc) is 2.89. The number of hydrogen-bond acceptors (Lipinski definition) is 8. The SMILES string of the molecule is NC(=O)c1[c]ccc(Oc2ccc3c(c2)CCC(c2cccc(Oc4ccc([N+](=O)[O-])cn4)c2)O3)n1. The van der Waals surface area contributed by atoms with Gasteiger partial charge in [0.05, 0.1) is 4.92 Å². The molecular weight excluding hydrogens is 464 g/mol. The van der Waals surface area contributed by atoms with Gasteiger partial charge in [0.2, 0.25) is 11.8 Å². The molecule has 2 aromatic carbocycles. The Morgan fingerprint density at radius 2 is 1.92 bits per heavy atom. The maximum Gasteiger partial charge on any atom is 0.287 e. The first kappa shape index (κ1) is 22.8. The monoisotopic (exact) mass is 483 g/mol. The summed E-state index contributed by atoms with van der Waals surface area (Å²) < 4.78 is 17.8. The van der Waals surface area contributed by atoms with Crippen LogP contribution in [0.4, 0.5) is 5.69 Å². The van der Waals surface area contributed by atoms with Gasteiger partial charge in [-0.05, 0) is 60.4 Å². The van der Waals surface area contributed by atoms with Crippen molar-refractivity contribution in [1.82, 2.24) is 9.97 Å². The molecule has 10 nitrogen and oxygen atoms in total. The number of aromatic nitrogens is 2. The minimum atomic E-state index is -0.677. The van der Waals surface area contributed by atoms with Crippen LogP contribution in [-0.4, -0.2) is 20.8 Å². The molecule has 1 atom stereocenters. The second-order valence-electron chi connectivity index (χ2n) is 7.94. The lowest BCUT2D eigenvalue weighted by Crippen LogP contribution is -2.15. The van der Waals surface area contributed by atoms with E-state index in [-0.39, 0.29) is 29.2 Å². The average molecular weight is 483 g/mol. The number of benzene rings is 2. The summed E-state index contributed by atoms with van der Waals surface area (Å²) in [5, 5.41) is 10.8. The van der Waals surface area contributed by atoms with Gasteiger partial charge >= 0.3 is 0 Å². The Morgan fingerprint density at radius 1 is 1.08 bits per heavy atom. The van der Waals surface area contributed by atoms with Gasteiger partial charge in [-0.2, -0.15) is 0 Å².